The summed E-state index contributed by atoms with van der Waals surface area (Å²) in [5.41, 5.74) is 3.38. The molecule has 0 bridgehead atoms. The number of aryl methyl sites for hydroxylation is 2. The smallest absolute Gasteiger partial charge is 0.343 e. The molecular formula is C16H14N2O2. The number of fused-ring (bicyclic) bond motifs is 1. The average Bonchev–Trinajstić information content (AvgIpc) is 2.80. The predicted molar refractivity (Wildman–Crippen MR) is 76.9 cm³/mol. The number of carbonyl (C=O) groups is 1. The fourth-order valence-corrected chi connectivity index (χ4v) is 2.12. The Hall–Kier alpha value is -2.62. The fraction of sp³-hybridized carbons (Fsp3) is 0.125. The Balaban J connectivity index is 1.87. The number of esters is 1. The molecule has 0 aliphatic heterocycles. The maximum absolute atomic E-state index is 12.1. The fourth-order valence-electron chi connectivity index (χ4n) is 2.12. The van der Waals surface area contributed by atoms with Gasteiger partial charge in [0.05, 0.1) is 22.9 Å². The molecule has 1 aromatic heterocycles. The van der Waals surface area contributed by atoms with Crippen molar-refractivity contribution in [2.24, 2.45) is 7.05 Å². The van der Waals surface area contributed by atoms with E-state index in [1.165, 1.54) is 0 Å². The molecule has 4 nitrogen and oxygen atoms in total. The van der Waals surface area contributed by atoms with E-state index in [4.69, 9.17) is 4.74 Å². The van der Waals surface area contributed by atoms with E-state index in [1.54, 1.807) is 24.5 Å². The van der Waals surface area contributed by atoms with E-state index in [-0.39, 0.29) is 5.97 Å². The highest BCUT2D eigenvalue weighted by atomic mass is 16.5. The van der Waals surface area contributed by atoms with Gasteiger partial charge in [-0.3, -0.25) is 0 Å². The Morgan fingerprint density at radius 1 is 1.20 bits per heavy atom. The number of benzene rings is 2. The summed E-state index contributed by atoms with van der Waals surface area (Å²) in [6.45, 7) is 1.94. The maximum Gasteiger partial charge on any atom is 0.343 e. The summed E-state index contributed by atoms with van der Waals surface area (Å²) in [5.74, 6) is 0.145. The third kappa shape index (κ3) is 2.28. The van der Waals surface area contributed by atoms with E-state index in [0.717, 1.165) is 16.6 Å². The molecule has 0 fully saturated rings. The van der Waals surface area contributed by atoms with Gasteiger partial charge in [0.25, 0.3) is 0 Å². The number of ether oxygens (including phenoxy) is 1. The average molecular weight is 266 g/mol. The quantitative estimate of drug-likeness (QED) is 0.529. The van der Waals surface area contributed by atoms with Crippen LogP contribution in [-0.4, -0.2) is 15.5 Å². The molecule has 0 aliphatic carbocycles. The first-order chi connectivity index (χ1) is 9.63. The summed E-state index contributed by atoms with van der Waals surface area (Å²) < 4.78 is 7.30. The van der Waals surface area contributed by atoms with Crippen LogP contribution in [0.4, 0.5) is 0 Å². The monoisotopic (exact) mass is 266 g/mol. The minimum Gasteiger partial charge on any atom is -0.423 e. The summed E-state index contributed by atoms with van der Waals surface area (Å²) >= 11 is 0. The largest absolute Gasteiger partial charge is 0.423 e. The van der Waals surface area contributed by atoms with Crippen molar-refractivity contribution in [3.05, 3.63) is 59.9 Å². The number of hydrogen-bond acceptors (Lipinski definition) is 3. The van der Waals surface area contributed by atoms with Crippen LogP contribution in [0, 0.1) is 6.92 Å². The molecule has 100 valence electrons. The van der Waals surface area contributed by atoms with Crippen LogP contribution in [0.15, 0.2) is 48.8 Å². The van der Waals surface area contributed by atoms with E-state index < -0.39 is 0 Å². The summed E-state index contributed by atoms with van der Waals surface area (Å²) in [6, 6.07) is 12.8. The second kappa shape index (κ2) is 4.81. The molecule has 0 amide bonds. The Labute approximate surface area is 116 Å². The maximum atomic E-state index is 12.1. The molecule has 0 atom stereocenters. The first-order valence-corrected chi connectivity index (χ1v) is 6.33. The highest BCUT2D eigenvalue weighted by Crippen LogP contribution is 2.20. The van der Waals surface area contributed by atoms with E-state index in [9.17, 15) is 4.79 Å². The van der Waals surface area contributed by atoms with Crippen molar-refractivity contribution in [2.45, 2.75) is 6.92 Å². The van der Waals surface area contributed by atoms with Crippen LogP contribution >= 0.6 is 0 Å². The Morgan fingerprint density at radius 2 is 2.05 bits per heavy atom. The van der Waals surface area contributed by atoms with Crippen molar-refractivity contribution in [1.82, 2.24) is 9.55 Å². The molecule has 1 heterocycles. The summed E-state index contributed by atoms with van der Waals surface area (Å²) in [5, 5.41) is 0. The predicted octanol–water partition coefficient (Wildman–Crippen LogP) is 3.10. The molecule has 4 heteroatoms. The van der Waals surface area contributed by atoms with Gasteiger partial charge in [0.1, 0.15) is 5.75 Å². The number of carbonyl (C=O) groups excluding carboxylic acids is 1. The molecule has 2 aromatic carbocycles. The zero-order valence-corrected chi connectivity index (χ0v) is 11.3. The van der Waals surface area contributed by atoms with Crippen molar-refractivity contribution >= 4 is 17.0 Å². The van der Waals surface area contributed by atoms with Crippen molar-refractivity contribution in [3.8, 4) is 5.75 Å². The Morgan fingerprint density at radius 3 is 2.85 bits per heavy atom. The summed E-state index contributed by atoms with van der Waals surface area (Å²) in [7, 11) is 1.92. The zero-order chi connectivity index (χ0) is 14.1. The first kappa shape index (κ1) is 12.4. The molecule has 0 saturated heterocycles. The molecule has 0 saturated carbocycles. The van der Waals surface area contributed by atoms with E-state index >= 15 is 0 Å². The normalized spacial score (nSPS) is 10.7. The van der Waals surface area contributed by atoms with E-state index in [1.807, 2.05) is 42.8 Å². The highest BCUT2D eigenvalue weighted by molar-refractivity contribution is 5.91. The number of nitrogens with zero attached hydrogens (tertiary/aromatic N) is 2. The van der Waals surface area contributed by atoms with Crippen LogP contribution in [0.1, 0.15) is 15.9 Å². The van der Waals surface area contributed by atoms with Crippen LogP contribution in [0.3, 0.4) is 0 Å². The SMILES string of the molecule is Cc1cccc(C(=O)Oc2ccc3c(c2)ncn3C)c1. The molecule has 0 spiro atoms. The molecule has 0 aliphatic rings. The number of imidazole rings is 1. The number of rotatable bonds is 2. The van der Waals surface area contributed by atoms with Crippen molar-refractivity contribution in [1.29, 1.82) is 0 Å². The van der Waals surface area contributed by atoms with Crippen LogP contribution in [0.5, 0.6) is 5.75 Å². The van der Waals surface area contributed by atoms with Gasteiger partial charge in [0, 0.05) is 13.1 Å². The number of aromatic nitrogens is 2. The lowest BCUT2D eigenvalue weighted by Gasteiger charge is -2.05. The minimum absolute atomic E-state index is 0.357. The topological polar surface area (TPSA) is 44.1 Å². The summed E-state index contributed by atoms with van der Waals surface area (Å²) in [4.78, 5) is 16.3. The van der Waals surface area contributed by atoms with Crippen LogP contribution in [-0.2, 0) is 7.05 Å². The van der Waals surface area contributed by atoms with Crippen LogP contribution in [0.25, 0.3) is 11.0 Å². The molecule has 0 radical (unpaired) electrons. The minimum atomic E-state index is -0.357. The van der Waals surface area contributed by atoms with Gasteiger partial charge in [0.2, 0.25) is 0 Å². The van der Waals surface area contributed by atoms with Crippen LogP contribution in [0.2, 0.25) is 0 Å². The van der Waals surface area contributed by atoms with Gasteiger partial charge < -0.3 is 9.30 Å². The number of hydrogen-bond donors (Lipinski definition) is 0. The lowest BCUT2D eigenvalue weighted by Crippen LogP contribution is -2.08. The zero-order valence-electron chi connectivity index (χ0n) is 11.3. The van der Waals surface area contributed by atoms with Crippen molar-refractivity contribution in [3.63, 3.8) is 0 Å². The molecular weight excluding hydrogens is 252 g/mol. The van der Waals surface area contributed by atoms with Gasteiger partial charge in [0.15, 0.2) is 0 Å². The van der Waals surface area contributed by atoms with Crippen LogP contribution < -0.4 is 4.74 Å². The molecule has 0 N–H and O–H groups in total. The summed E-state index contributed by atoms with van der Waals surface area (Å²) in [6.07, 6.45) is 1.73. The Bertz CT molecular complexity index is 790. The van der Waals surface area contributed by atoms with Gasteiger partial charge in [-0.2, -0.15) is 0 Å². The van der Waals surface area contributed by atoms with Gasteiger partial charge in [-0.25, -0.2) is 9.78 Å². The second-order valence-corrected chi connectivity index (χ2v) is 4.76. The van der Waals surface area contributed by atoms with Gasteiger partial charge in [-0.1, -0.05) is 17.7 Å². The highest BCUT2D eigenvalue weighted by Gasteiger charge is 2.09. The molecule has 3 rings (SSSR count). The second-order valence-electron chi connectivity index (χ2n) is 4.76. The Kier molecular flexibility index (Phi) is 2.99. The van der Waals surface area contributed by atoms with E-state index in [0.29, 0.717) is 11.3 Å². The lowest BCUT2D eigenvalue weighted by atomic mass is 10.1. The van der Waals surface area contributed by atoms with Crippen molar-refractivity contribution in [2.75, 3.05) is 0 Å². The lowest BCUT2D eigenvalue weighted by molar-refractivity contribution is 0.0735. The first-order valence-electron chi connectivity index (χ1n) is 6.33. The third-order valence-corrected chi connectivity index (χ3v) is 3.16. The van der Waals surface area contributed by atoms with Crippen molar-refractivity contribution < 1.29 is 9.53 Å². The molecule has 0 unspecified atom stereocenters. The van der Waals surface area contributed by atoms with Gasteiger partial charge in [-0.05, 0) is 31.2 Å². The van der Waals surface area contributed by atoms with Gasteiger partial charge >= 0.3 is 5.97 Å². The molecule has 3 aromatic rings. The molecule has 20 heavy (non-hydrogen) atoms. The standard InChI is InChI=1S/C16H14N2O2/c1-11-4-3-5-12(8-11)16(19)20-13-6-7-15-14(9-13)17-10-18(15)2/h3-10H,1-2H3. The van der Waals surface area contributed by atoms with Gasteiger partial charge in [-0.15, -0.1) is 0 Å². The third-order valence-electron chi connectivity index (χ3n) is 3.16. The van der Waals surface area contributed by atoms with E-state index in [2.05, 4.69) is 4.98 Å².